The van der Waals surface area contributed by atoms with Crippen LogP contribution in [0.25, 0.3) is 0 Å². The molecule has 7 heteroatoms. The summed E-state index contributed by atoms with van der Waals surface area (Å²) in [5.41, 5.74) is 6.46. The Morgan fingerprint density at radius 1 is 1.39 bits per heavy atom. The van der Waals surface area contributed by atoms with E-state index in [0.29, 0.717) is 11.3 Å². The molecule has 0 aliphatic carbocycles. The van der Waals surface area contributed by atoms with Crippen molar-refractivity contribution in [3.05, 3.63) is 42.0 Å². The van der Waals surface area contributed by atoms with Crippen molar-refractivity contribution in [2.24, 2.45) is 0 Å². The maximum Gasteiger partial charge on any atom is 0.178 e. The Labute approximate surface area is 104 Å². The van der Waals surface area contributed by atoms with Crippen LogP contribution in [0.5, 0.6) is 0 Å². The van der Waals surface area contributed by atoms with Gasteiger partial charge in [-0.1, -0.05) is 0 Å². The van der Waals surface area contributed by atoms with Crippen LogP contribution in [0.15, 0.2) is 35.5 Å². The molecule has 0 radical (unpaired) electrons. The SMILES string of the molecule is CS(=O)(=O)c1cnn(Cc2cc(N)cc(F)c2)c1. The average molecular weight is 269 g/mol. The molecular formula is C11H12FN3O2S. The molecule has 0 saturated heterocycles. The van der Waals surface area contributed by atoms with E-state index < -0.39 is 15.7 Å². The van der Waals surface area contributed by atoms with Crippen LogP contribution in [0, 0.1) is 5.82 Å². The minimum atomic E-state index is -3.27. The number of aromatic nitrogens is 2. The highest BCUT2D eigenvalue weighted by molar-refractivity contribution is 7.90. The van der Waals surface area contributed by atoms with E-state index in [9.17, 15) is 12.8 Å². The van der Waals surface area contributed by atoms with Gasteiger partial charge in [0.25, 0.3) is 0 Å². The number of hydrogen-bond acceptors (Lipinski definition) is 4. The molecule has 0 atom stereocenters. The first kappa shape index (κ1) is 12.6. The summed E-state index contributed by atoms with van der Waals surface area (Å²) >= 11 is 0. The molecule has 0 spiro atoms. The fourth-order valence-corrected chi connectivity index (χ4v) is 2.13. The molecule has 2 N–H and O–H groups in total. The number of nitrogen functional groups attached to an aromatic ring is 1. The monoisotopic (exact) mass is 269 g/mol. The lowest BCUT2D eigenvalue weighted by Crippen LogP contribution is -2.02. The van der Waals surface area contributed by atoms with E-state index in [2.05, 4.69) is 5.10 Å². The highest BCUT2D eigenvalue weighted by Gasteiger charge is 2.10. The third kappa shape index (κ3) is 2.86. The lowest BCUT2D eigenvalue weighted by Gasteiger charge is -2.03. The number of benzene rings is 1. The van der Waals surface area contributed by atoms with Gasteiger partial charge in [-0.05, 0) is 23.8 Å². The Balaban J connectivity index is 2.27. The second-order valence-corrected chi connectivity index (χ2v) is 6.05. The summed E-state index contributed by atoms with van der Waals surface area (Å²) < 4.78 is 37.1. The van der Waals surface area contributed by atoms with Crippen LogP contribution in [0.3, 0.4) is 0 Å². The molecule has 5 nitrogen and oxygen atoms in total. The van der Waals surface area contributed by atoms with E-state index in [0.717, 1.165) is 6.26 Å². The average Bonchev–Trinajstić information content (AvgIpc) is 2.63. The fraction of sp³-hybridized carbons (Fsp3) is 0.182. The molecule has 2 rings (SSSR count). The van der Waals surface area contributed by atoms with Gasteiger partial charge in [0.1, 0.15) is 10.7 Å². The van der Waals surface area contributed by atoms with Crippen LogP contribution in [-0.2, 0) is 16.4 Å². The number of rotatable bonds is 3. The summed E-state index contributed by atoms with van der Waals surface area (Å²) in [6.07, 6.45) is 3.77. The van der Waals surface area contributed by atoms with E-state index in [1.165, 1.54) is 29.2 Å². The summed E-state index contributed by atoms with van der Waals surface area (Å²) in [5.74, 6) is -0.430. The Morgan fingerprint density at radius 3 is 2.67 bits per heavy atom. The molecule has 0 aliphatic heterocycles. The molecule has 1 aromatic carbocycles. The molecule has 0 fully saturated rings. The molecule has 2 aromatic rings. The number of sulfone groups is 1. The van der Waals surface area contributed by atoms with Gasteiger partial charge in [0.2, 0.25) is 0 Å². The van der Waals surface area contributed by atoms with Crippen molar-refractivity contribution in [2.45, 2.75) is 11.4 Å². The van der Waals surface area contributed by atoms with Crippen LogP contribution in [0.4, 0.5) is 10.1 Å². The lowest BCUT2D eigenvalue weighted by atomic mass is 10.2. The van der Waals surface area contributed by atoms with Crippen molar-refractivity contribution in [3.63, 3.8) is 0 Å². The summed E-state index contributed by atoms with van der Waals surface area (Å²) in [7, 11) is -3.27. The van der Waals surface area contributed by atoms with Gasteiger partial charge in [-0.3, -0.25) is 4.68 Å². The molecular weight excluding hydrogens is 257 g/mol. The lowest BCUT2D eigenvalue weighted by molar-refractivity contribution is 0.601. The smallest absolute Gasteiger partial charge is 0.178 e. The largest absolute Gasteiger partial charge is 0.399 e. The van der Waals surface area contributed by atoms with Crippen molar-refractivity contribution in [2.75, 3.05) is 12.0 Å². The zero-order valence-electron chi connectivity index (χ0n) is 9.67. The van der Waals surface area contributed by atoms with Crippen molar-refractivity contribution in [3.8, 4) is 0 Å². The Kier molecular flexibility index (Phi) is 3.08. The summed E-state index contributed by atoms with van der Waals surface area (Å²) in [4.78, 5) is 0.131. The first-order valence-electron chi connectivity index (χ1n) is 5.12. The molecule has 0 bridgehead atoms. The Hall–Kier alpha value is -1.89. The summed E-state index contributed by atoms with van der Waals surface area (Å²) in [6, 6.07) is 4.16. The standard InChI is InChI=1S/C11H12FN3O2S/c1-18(16,17)11-5-14-15(7-11)6-8-2-9(12)4-10(13)3-8/h2-5,7H,6,13H2,1H3. The van der Waals surface area contributed by atoms with Crippen LogP contribution < -0.4 is 5.73 Å². The molecule has 1 aromatic heterocycles. The van der Waals surface area contributed by atoms with Gasteiger partial charge in [0.05, 0.1) is 12.7 Å². The van der Waals surface area contributed by atoms with Crippen molar-refractivity contribution < 1.29 is 12.8 Å². The fourth-order valence-electron chi connectivity index (χ4n) is 1.58. The van der Waals surface area contributed by atoms with Gasteiger partial charge < -0.3 is 5.73 Å². The maximum atomic E-state index is 13.1. The number of nitrogens with zero attached hydrogens (tertiary/aromatic N) is 2. The zero-order valence-corrected chi connectivity index (χ0v) is 10.5. The molecule has 0 saturated carbocycles. The second kappa shape index (κ2) is 4.41. The number of hydrogen-bond donors (Lipinski definition) is 1. The van der Waals surface area contributed by atoms with Crippen LogP contribution in [0.1, 0.15) is 5.56 Å². The Bertz CT molecular complexity index is 659. The third-order valence-corrected chi connectivity index (χ3v) is 3.43. The van der Waals surface area contributed by atoms with Crippen molar-refractivity contribution in [1.29, 1.82) is 0 Å². The molecule has 18 heavy (non-hydrogen) atoms. The second-order valence-electron chi connectivity index (χ2n) is 4.04. The summed E-state index contributed by atoms with van der Waals surface area (Å²) in [5, 5.41) is 3.91. The van der Waals surface area contributed by atoms with E-state index in [1.807, 2.05) is 0 Å². The number of nitrogens with two attached hydrogens (primary N) is 1. The molecule has 1 heterocycles. The molecule has 0 amide bonds. The highest BCUT2D eigenvalue weighted by Crippen LogP contribution is 2.13. The van der Waals surface area contributed by atoms with Gasteiger partial charge in [0, 0.05) is 18.1 Å². The minimum absolute atomic E-state index is 0.131. The van der Waals surface area contributed by atoms with Crippen molar-refractivity contribution >= 4 is 15.5 Å². The Morgan fingerprint density at radius 2 is 2.11 bits per heavy atom. The maximum absolute atomic E-state index is 13.1. The first-order valence-corrected chi connectivity index (χ1v) is 7.01. The van der Waals surface area contributed by atoms with E-state index in [1.54, 1.807) is 6.07 Å². The van der Waals surface area contributed by atoms with Gasteiger partial charge in [-0.15, -0.1) is 0 Å². The van der Waals surface area contributed by atoms with Crippen LogP contribution >= 0.6 is 0 Å². The number of anilines is 1. The predicted molar refractivity (Wildman–Crippen MR) is 65.3 cm³/mol. The topological polar surface area (TPSA) is 78.0 Å². The highest BCUT2D eigenvalue weighted by atomic mass is 32.2. The normalized spacial score (nSPS) is 11.7. The number of halogens is 1. The molecule has 96 valence electrons. The van der Waals surface area contributed by atoms with Gasteiger partial charge in [-0.2, -0.15) is 5.10 Å². The van der Waals surface area contributed by atoms with E-state index >= 15 is 0 Å². The zero-order chi connectivity index (χ0) is 13.3. The van der Waals surface area contributed by atoms with Crippen molar-refractivity contribution in [1.82, 2.24) is 9.78 Å². The van der Waals surface area contributed by atoms with E-state index in [-0.39, 0.29) is 11.4 Å². The van der Waals surface area contributed by atoms with Crippen LogP contribution in [-0.4, -0.2) is 24.5 Å². The van der Waals surface area contributed by atoms with Gasteiger partial charge in [0.15, 0.2) is 9.84 Å². The first-order chi connectivity index (χ1) is 8.34. The van der Waals surface area contributed by atoms with Gasteiger partial charge in [-0.25, -0.2) is 12.8 Å². The third-order valence-electron chi connectivity index (χ3n) is 2.36. The minimum Gasteiger partial charge on any atom is -0.399 e. The molecule has 0 unspecified atom stereocenters. The predicted octanol–water partition coefficient (Wildman–Crippen LogP) is 1.06. The van der Waals surface area contributed by atoms with Gasteiger partial charge >= 0.3 is 0 Å². The van der Waals surface area contributed by atoms with Crippen LogP contribution in [0.2, 0.25) is 0 Å². The van der Waals surface area contributed by atoms with E-state index in [4.69, 9.17) is 5.73 Å². The molecule has 0 aliphatic rings. The summed E-state index contributed by atoms with van der Waals surface area (Å²) in [6.45, 7) is 0.261. The quantitative estimate of drug-likeness (QED) is 0.845.